The van der Waals surface area contributed by atoms with E-state index in [4.69, 9.17) is 15.0 Å². The van der Waals surface area contributed by atoms with Crippen molar-refractivity contribution in [3.63, 3.8) is 0 Å². The molecule has 0 aliphatic carbocycles. The highest BCUT2D eigenvalue weighted by Gasteiger charge is 2.20. The van der Waals surface area contributed by atoms with Gasteiger partial charge in [0, 0.05) is 36.8 Å². The van der Waals surface area contributed by atoms with Crippen molar-refractivity contribution in [3.05, 3.63) is 41.6 Å². The van der Waals surface area contributed by atoms with Gasteiger partial charge in [-0.05, 0) is 38.1 Å². The number of benzene rings is 1. The number of ether oxygens (including phenoxy) is 1. The molecule has 0 bridgehead atoms. The fourth-order valence-electron chi connectivity index (χ4n) is 3.49. The lowest BCUT2D eigenvalue weighted by atomic mass is 10.1. The first-order valence-electron chi connectivity index (χ1n) is 10.5. The van der Waals surface area contributed by atoms with Gasteiger partial charge in [0.2, 0.25) is 5.82 Å². The number of amides is 1. The minimum Gasteiger partial charge on any atom is -0.363 e. The summed E-state index contributed by atoms with van der Waals surface area (Å²) in [5, 5.41) is 4.81. The topological polar surface area (TPSA) is 125 Å². The van der Waals surface area contributed by atoms with E-state index in [0.717, 1.165) is 33.9 Å². The van der Waals surface area contributed by atoms with Gasteiger partial charge in [0.25, 0.3) is 11.8 Å². The van der Waals surface area contributed by atoms with Crippen LogP contribution in [0.5, 0.6) is 0 Å². The number of nitrogens with one attached hydrogen (secondary N) is 1. The number of hydrogen-bond acceptors (Lipinski definition) is 6. The highest BCUT2D eigenvalue weighted by molar-refractivity contribution is 6.76. The first-order chi connectivity index (χ1) is 15.1. The molecule has 1 aromatic carbocycles. The standard InChI is InChI=1S/C22H28N6O3Si/c1-13-19(26-21(20(23)29)28(13)12-30-8-9-32(3,4)5)15-6-7-17-16(10-15)11-18(25-17)22-24-14(2)27-31-22/h6-7,10-11,25H,8-9,12H2,1-5H3,(H2,23,29). The lowest BCUT2D eigenvalue weighted by molar-refractivity contribution is 0.0791. The molecule has 0 saturated carbocycles. The average molecular weight is 453 g/mol. The molecule has 0 atom stereocenters. The second-order valence-corrected chi connectivity index (χ2v) is 14.8. The Hall–Kier alpha value is -3.24. The van der Waals surface area contributed by atoms with Crippen LogP contribution in [0.2, 0.25) is 25.7 Å². The van der Waals surface area contributed by atoms with E-state index in [2.05, 4.69) is 39.7 Å². The van der Waals surface area contributed by atoms with Crippen molar-refractivity contribution in [1.82, 2.24) is 24.7 Å². The Morgan fingerprint density at radius 1 is 1.22 bits per heavy atom. The van der Waals surface area contributed by atoms with Crippen LogP contribution in [0.25, 0.3) is 33.7 Å². The van der Waals surface area contributed by atoms with E-state index in [-0.39, 0.29) is 12.6 Å². The van der Waals surface area contributed by atoms with Crippen LogP contribution >= 0.6 is 0 Å². The number of nitrogens with two attached hydrogens (primary N) is 1. The molecule has 168 valence electrons. The number of H-pyrrole nitrogens is 1. The third kappa shape index (κ3) is 4.51. The van der Waals surface area contributed by atoms with E-state index in [1.807, 2.05) is 31.2 Å². The Bertz CT molecular complexity index is 1280. The van der Waals surface area contributed by atoms with E-state index in [1.165, 1.54) is 0 Å². The Labute approximate surface area is 187 Å². The third-order valence-corrected chi connectivity index (χ3v) is 7.01. The zero-order valence-electron chi connectivity index (χ0n) is 19.0. The lowest BCUT2D eigenvalue weighted by Gasteiger charge is -2.16. The van der Waals surface area contributed by atoms with Crippen molar-refractivity contribution in [2.75, 3.05) is 6.61 Å². The van der Waals surface area contributed by atoms with Gasteiger partial charge in [-0.1, -0.05) is 30.9 Å². The Morgan fingerprint density at radius 3 is 2.66 bits per heavy atom. The quantitative estimate of drug-likeness (QED) is 0.306. The number of nitrogens with zero attached hydrogens (tertiary/aromatic N) is 4. The van der Waals surface area contributed by atoms with E-state index < -0.39 is 14.0 Å². The van der Waals surface area contributed by atoms with Gasteiger partial charge >= 0.3 is 0 Å². The molecular weight excluding hydrogens is 424 g/mol. The van der Waals surface area contributed by atoms with Crippen molar-refractivity contribution in [3.8, 4) is 22.8 Å². The predicted molar refractivity (Wildman–Crippen MR) is 125 cm³/mol. The molecule has 32 heavy (non-hydrogen) atoms. The summed E-state index contributed by atoms with van der Waals surface area (Å²) in [7, 11) is -1.20. The summed E-state index contributed by atoms with van der Waals surface area (Å²) in [6.45, 7) is 11.5. The predicted octanol–water partition coefficient (Wildman–Crippen LogP) is 4.11. The van der Waals surface area contributed by atoms with Gasteiger partial charge in [-0.2, -0.15) is 4.98 Å². The number of hydrogen-bond donors (Lipinski definition) is 2. The molecule has 0 spiro atoms. The lowest BCUT2D eigenvalue weighted by Crippen LogP contribution is -2.23. The first-order valence-corrected chi connectivity index (χ1v) is 14.2. The third-order valence-electron chi connectivity index (χ3n) is 5.31. The molecule has 9 nitrogen and oxygen atoms in total. The number of aromatic amines is 1. The van der Waals surface area contributed by atoms with E-state index in [9.17, 15) is 4.79 Å². The van der Waals surface area contributed by atoms with Crippen LogP contribution in [0.3, 0.4) is 0 Å². The van der Waals surface area contributed by atoms with Crippen LogP contribution in [-0.4, -0.2) is 45.3 Å². The molecule has 0 aliphatic heterocycles. The van der Waals surface area contributed by atoms with Crippen molar-refractivity contribution >= 4 is 24.9 Å². The molecule has 3 aromatic heterocycles. The minimum absolute atomic E-state index is 0.196. The summed E-state index contributed by atoms with van der Waals surface area (Å²) in [6, 6.07) is 8.93. The molecule has 0 unspecified atom stereocenters. The van der Waals surface area contributed by atoms with Gasteiger partial charge in [-0.3, -0.25) is 9.36 Å². The molecule has 3 N–H and O–H groups in total. The van der Waals surface area contributed by atoms with Crippen molar-refractivity contribution in [2.45, 2.75) is 46.3 Å². The monoisotopic (exact) mass is 452 g/mol. The average Bonchev–Trinajstić information content (AvgIpc) is 3.41. The number of rotatable bonds is 8. The summed E-state index contributed by atoms with van der Waals surface area (Å²) < 4.78 is 12.9. The Kier molecular flexibility index (Phi) is 5.74. The van der Waals surface area contributed by atoms with Crippen molar-refractivity contribution in [1.29, 1.82) is 0 Å². The SMILES string of the molecule is Cc1noc(-c2cc3cc(-c4nc(C(N)=O)n(COCC[Si](C)(C)C)c4C)ccc3[nH]2)n1. The van der Waals surface area contributed by atoms with Gasteiger partial charge in [0.15, 0.2) is 5.82 Å². The smallest absolute Gasteiger partial charge is 0.284 e. The second-order valence-electron chi connectivity index (χ2n) is 9.14. The molecule has 0 fully saturated rings. The number of primary amides is 1. The Morgan fingerprint density at radius 2 is 2.00 bits per heavy atom. The zero-order chi connectivity index (χ0) is 23.0. The second kappa shape index (κ2) is 8.36. The molecule has 0 saturated heterocycles. The van der Waals surface area contributed by atoms with E-state index >= 15 is 0 Å². The number of fused-ring (bicyclic) bond motifs is 1. The summed E-state index contributed by atoms with van der Waals surface area (Å²) in [6.07, 6.45) is 0. The van der Waals surface area contributed by atoms with Gasteiger partial charge in [-0.25, -0.2) is 4.98 Å². The summed E-state index contributed by atoms with van der Waals surface area (Å²) in [4.78, 5) is 24.2. The van der Waals surface area contributed by atoms with Crippen molar-refractivity contribution in [2.24, 2.45) is 5.73 Å². The number of imidazole rings is 1. The molecule has 0 radical (unpaired) electrons. The maximum atomic E-state index is 12.0. The van der Waals surface area contributed by atoms with Crippen LogP contribution in [0.1, 0.15) is 22.1 Å². The highest BCUT2D eigenvalue weighted by atomic mass is 28.3. The number of aryl methyl sites for hydroxylation is 1. The molecule has 4 rings (SSSR count). The summed E-state index contributed by atoms with van der Waals surface area (Å²) in [5.74, 6) is 0.630. The van der Waals surface area contributed by atoms with Crippen LogP contribution in [0.4, 0.5) is 0 Å². The molecule has 4 aromatic rings. The fraction of sp³-hybridized carbons (Fsp3) is 0.364. The minimum atomic E-state index is -1.20. The van der Waals surface area contributed by atoms with Crippen LogP contribution in [-0.2, 0) is 11.5 Å². The molecular formula is C22H28N6O3Si. The number of aromatic nitrogens is 5. The summed E-state index contributed by atoms with van der Waals surface area (Å²) in [5.41, 5.74) is 9.69. The van der Waals surface area contributed by atoms with Crippen LogP contribution in [0.15, 0.2) is 28.8 Å². The maximum Gasteiger partial charge on any atom is 0.284 e. The molecule has 10 heteroatoms. The number of carbonyl (C=O) groups excluding carboxylic acids is 1. The van der Waals surface area contributed by atoms with Crippen LogP contribution in [0, 0.1) is 13.8 Å². The van der Waals surface area contributed by atoms with E-state index in [1.54, 1.807) is 11.5 Å². The summed E-state index contributed by atoms with van der Waals surface area (Å²) >= 11 is 0. The first kappa shape index (κ1) is 22.0. The maximum absolute atomic E-state index is 12.0. The van der Waals surface area contributed by atoms with Crippen molar-refractivity contribution < 1.29 is 14.1 Å². The van der Waals surface area contributed by atoms with Gasteiger partial charge in [-0.15, -0.1) is 0 Å². The van der Waals surface area contributed by atoms with Gasteiger partial charge in [0.1, 0.15) is 12.4 Å². The van der Waals surface area contributed by atoms with E-state index in [0.29, 0.717) is 24.0 Å². The fourth-order valence-corrected chi connectivity index (χ4v) is 4.25. The van der Waals surface area contributed by atoms with Crippen LogP contribution < -0.4 is 5.73 Å². The highest BCUT2D eigenvalue weighted by Crippen LogP contribution is 2.30. The normalized spacial score (nSPS) is 12.0. The molecule has 3 heterocycles. The zero-order valence-corrected chi connectivity index (χ0v) is 20.0. The number of carbonyl (C=O) groups is 1. The molecule has 1 amide bonds. The Balaban J connectivity index is 1.64. The largest absolute Gasteiger partial charge is 0.363 e. The van der Waals surface area contributed by atoms with Gasteiger partial charge in [0.05, 0.1) is 5.69 Å². The van der Waals surface area contributed by atoms with Gasteiger partial charge < -0.3 is 20.0 Å². The molecule has 0 aliphatic rings.